The first-order valence-corrected chi connectivity index (χ1v) is 9.06. The maximum Gasteiger partial charge on any atom is 0.123 e. The Morgan fingerprint density at radius 2 is 1.71 bits per heavy atom. The van der Waals surface area contributed by atoms with Crippen molar-refractivity contribution in [2.75, 3.05) is 0 Å². The summed E-state index contributed by atoms with van der Waals surface area (Å²) in [6.07, 6.45) is 9.41. The lowest BCUT2D eigenvalue weighted by Crippen LogP contribution is -1.92. The average molecular weight is 370 g/mol. The van der Waals surface area contributed by atoms with E-state index in [0.29, 0.717) is 0 Å². The van der Waals surface area contributed by atoms with Crippen LogP contribution in [0.3, 0.4) is 0 Å². The van der Waals surface area contributed by atoms with Gasteiger partial charge in [0.05, 0.1) is 5.69 Å². The maximum absolute atomic E-state index is 13.3. The predicted molar refractivity (Wildman–Crippen MR) is 109 cm³/mol. The number of benzene rings is 1. The van der Waals surface area contributed by atoms with E-state index >= 15 is 0 Å². The number of nitrogens with zero attached hydrogens (tertiary/aromatic N) is 3. The van der Waals surface area contributed by atoms with E-state index in [1.165, 1.54) is 12.1 Å². The highest BCUT2D eigenvalue weighted by Gasteiger charge is 2.16. The molecule has 4 aromatic rings. The maximum atomic E-state index is 13.3. The van der Waals surface area contributed by atoms with Crippen LogP contribution in [0.2, 0.25) is 0 Å². The molecule has 0 aliphatic rings. The minimum atomic E-state index is -0.269. The van der Waals surface area contributed by atoms with Crippen molar-refractivity contribution in [3.63, 3.8) is 0 Å². The third kappa shape index (κ3) is 3.74. The number of nitrogens with one attached hydrogen (secondary N) is 1. The van der Waals surface area contributed by atoms with Gasteiger partial charge in [0.25, 0.3) is 0 Å². The lowest BCUT2D eigenvalue weighted by atomic mass is 9.98. The number of allylic oxidation sites excluding steroid dienone is 1. The summed E-state index contributed by atoms with van der Waals surface area (Å²) in [7, 11) is 0. The van der Waals surface area contributed by atoms with Gasteiger partial charge < -0.3 is 0 Å². The van der Waals surface area contributed by atoms with E-state index in [4.69, 9.17) is 0 Å². The molecular formula is C23H19FN4. The lowest BCUT2D eigenvalue weighted by Gasteiger charge is -2.06. The standard InChI is InChI=1S/C23H19FN4/c1-16(20-4-2-3-13-26-20)5-10-21-22(17-11-14-25-15-12-17)23(28-27-21)18-6-8-19(24)9-7-18/h2-16H,1H3,(H,27,28)/b10-5+. The molecule has 0 saturated heterocycles. The van der Waals surface area contributed by atoms with Crippen molar-refractivity contribution in [1.82, 2.24) is 20.2 Å². The highest BCUT2D eigenvalue weighted by Crippen LogP contribution is 2.34. The van der Waals surface area contributed by atoms with E-state index in [2.05, 4.69) is 33.2 Å². The molecule has 1 unspecified atom stereocenters. The fourth-order valence-corrected chi connectivity index (χ4v) is 3.09. The molecule has 0 fully saturated rings. The van der Waals surface area contributed by atoms with Crippen LogP contribution in [-0.4, -0.2) is 20.2 Å². The van der Waals surface area contributed by atoms with E-state index in [1.807, 2.05) is 36.4 Å². The average Bonchev–Trinajstić information content (AvgIpc) is 3.17. The number of aromatic amines is 1. The van der Waals surface area contributed by atoms with Gasteiger partial charge in [-0.2, -0.15) is 5.10 Å². The zero-order valence-electron chi connectivity index (χ0n) is 15.4. The van der Waals surface area contributed by atoms with Crippen molar-refractivity contribution < 1.29 is 4.39 Å². The molecule has 0 aliphatic carbocycles. The largest absolute Gasteiger partial charge is 0.277 e. The molecule has 3 aromatic heterocycles. The highest BCUT2D eigenvalue weighted by molar-refractivity contribution is 5.86. The molecule has 0 aliphatic heterocycles. The van der Waals surface area contributed by atoms with Crippen LogP contribution in [0, 0.1) is 5.82 Å². The fraction of sp³-hybridized carbons (Fsp3) is 0.0870. The molecule has 3 heterocycles. The Morgan fingerprint density at radius 3 is 2.43 bits per heavy atom. The Hall–Kier alpha value is -3.60. The molecule has 0 spiro atoms. The summed E-state index contributed by atoms with van der Waals surface area (Å²) in [5.41, 5.74) is 5.46. The van der Waals surface area contributed by atoms with Crippen molar-refractivity contribution in [2.24, 2.45) is 0 Å². The van der Waals surface area contributed by atoms with Crippen LogP contribution in [0.1, 0.15) is 24.2 Å². The number of aromatic nitrogens is 4. The van der Waals surface area contributed by atoms with Crippen LogP contribution in [0.15, 0.2) is 79.3 Å². The van der Waals surface area contributed by atoms with Crippen LogP contribution in [0.4, 0.5) is 4.39 Å². The summed E-state index contributed by atoms with van der Waals surface area (Å²) in [6, 6.07) is 16.1. The van der Waals surface area contributed by atoms with Crippen LogP contribution < -0.4 is 0 Å². The molecule has 5 heteroatoms. The SMILES string of the molecule is CC(/C=C/c1[nH]nc(-c2ccc(F)cc2)c1-c1ccncc1)c1ccccn1. The summed E-state index contributed by atoms with van der Waals surface area (Å²) in [5, 5.41) is 7.63. The van der Waals surface area contributed by atoms with Crippen LogP contribution in [0.5, 0.6) is 0 Å². The Labute approximate surface area is 162 Å². The quantitative estimate of drug-likeness (QED) is 0.505. The first kappa shape index (κ1) is 17.8. The molecule has 0 saturated carbocycles. The molecule has 0 radical (unpaired) electrons. The fourth-order valence-electron chi connectivity index (χ4n) is 3.09. The van der Waals surface area contributed by atoms with Crippen LogP contribution in [0.25, 0.3) is 28.5 Å². The van der Waals surface area contributed by atoms with Crippen molar-refractivity contribution in [2.45, 2.75) is 12.8 Å². The predicted octanol–water partition coefficient (Wildman–Crippen LogP) is 5.49. The van der Waals surface area contributed by atoms with E-state index in [0.717, 1.165) is 33.8 Å². The molecule has 4 rings (SSSR count). The third-order valence-corrected chi connectivity index (χ3v) is 4.59. The molecule has 0 amide bonds. The van der Waals surface area contributed by atoms with E-state index in [1.54, 1.807) is 30.7 Å². The zero-order valence-corrected chi connectivity index (χ0v) is 15.4. The topological polar surface area (TPSA) is 54.5 Å². The first-order valence-electron chi connectivity index (χ1n) is 9.06. The van der Waals surface area contributed by atoms with E-state index in [9.17, 15) is 4.39 Å². The molecular weight excluding hydrogens is 351 g/mol. The van der Waals surface area contributed by atoms with Gasteiger partial charge in [-0.05, 0) is 60.2 Å². The lowest BCUT2D eigenvalue weighted by molar-refractivity contribution is 0.628. The van der Waals surface area contributed by atoms with Gasteiger partial charge in [0.2, 0.25) is 0 Å². The molecule has 138 valence electrons. The van der Waals surface area contributed by atoms with Crippen LogP contribution in [-0.2, 0) is 0 Å². The minimum Gasteiger partial charge on any atom is -0.277 e. The third-order valence-electron chi connectivity index (χ3n) is 4.59. The van der Waals surface area contributed by atoms with Crippen LogP contribution >= 0.6 is 0 Å². The van der Waals surface area contributed by atoms with Crippen molar-refractivity contribution in [3.05, 3.63) is 96.5 Å². The summed E-state index contributed by atoms with van der Waals surface area (Å²) >= 11 is 0. The molecule has 28 heavy (non-hydrogen) atoms. The Morgan fingerprint density at radius 1 is 0.929 bits per heavy atom. The van der Waals surface area contributed by atoms with Gasteiger partial charge in [0, 0.05) is 41.3 Å². The number of H-pyrrole nitrogens is 1. The van der Waals surface area contributed by atoms with Crippen molar-refractivity contribution in [1.29, 1.82) is 0 Å². The number of halogens is 1. The first-order chi connectivity index (χ1) is 13.7. The van der Waals surface area contributed by atoms with E-state index in [-0.39, 0.29) is 11.7 Å². The van der Waals surface area contributed by atoms with Crippen molar-refractivity contribution in [3.8, 4) is 22.4 Å². The van der Waals surface area contributed by atoms with E-state index < -0.39 is 0 Å². The molecule has 1 atom stereocenters. The van der Waals surface area contributed by atoms with Gasteiger partial charge in [-0.3, -0.25) is 15.1 Å². The smallest absolute Gasteiger partial charge is 0.123 e. The highest BCUT2D eigenvalue weighted by atomic mass is 19.1. The van der Waals surface area contributed by atoms with Gasteiger partial charge in [-0.1, -0.05) is 19.1 Å². The Kier molecular flexibility index (Phi) is 5.06. The summed E-state index contributed by atoms with van der Waals surface area (Å²) in [4.78, 5) is 8.52. The number of hydrogen-bond donors (Lipinski definition) is 1. The Bertz CT molecular complexity index is 1070. The molecule has 4 nitrogen and oxygen atoms in total. The number of rotatable bonds is 5. The van der Waals surface area contributed by atoms with Gasteiger partial charge in [-0.25, -0.2) is 4.39 Å². The van der Waals surface area contributed by atoms with Gasteiger partial charge >= 0.3 is 0 Å². The van der Waals surface area contributed by atoms with Crippen molar-refractivity contribution >= 4 is 6.08 Å². The second-order valence-electron chi connectivity index (χ2n) is 6.51. The summed E-state index contributed by atoms with van der Waals surface area (Å²) in [5.74, 6) is -0.113. The summed E-state index contributed by atoms with van der Waals surface area (Å²) in [6.45, 7) is 2.10. The second kappa shape index (κ2) is 7.96. The zero-order chi connectivity index (χ0) is 19.3. The van der Waals surface area contributed by atoms with Gasteiger partial charge in [0.1, 0.15) is 11.5 Å². The summed E-state index contributed by atoms with van der Waals surface area (Å²) < 4.78 is 13.3. The van der Waals surface area contributed by atoms with Gasteiger partial charge in [-0.15, -0.1) is 0 Å². The number of hydrogen-bond acceptors (Lipinski definition) is 3. The molecule has 1 aromatic carbocycles. The molecule has 0 bridgehead atoms. The molecule has 1 N–H and O–H groups in total. The van der Waals surface area contributed by atoms with Gasteiger partial charge in [0.15, 0.2) is 0 Å². The minimum absolute atomic E-state index is 0.157. The Balaban J connectivity index is 1.75. The second-order valence-corrected chi connectivity index (χ2v) is 6.51. The normalized spacial score (nSPS) is 12.4. The number of pyridine rings is 2. The monoisotopic (exact) mass is 370 g/mol.